The van der Waals surface area contributed by atoms with Gasteiger partial charge in [-0.15, -0.1) is 0 Å². The molecule has 6 nitrogen and oxygen atoms in total. The summed E-state index contributed by atoms with van der Waals surface area (Å²) in [5.74, 6) is -0.0381. The first-order valence-electron chi connectivity index (χ1n) is 19.7. The minimum Gasteiger partial charge on any atom is -0.354 e. The maximum absolute atomic E-state index is 12.8. The number of nitrogens with one attached hydrogen (secondary N) is 3. The van der Waals surface area contributed by atoms with Gasteiger partial charge >= 0.3 is 0 Å². The van der Waals surface area contributed by atoms with E-state index in [0.717, 1.165) is 32.1 Å². The highest BCUT2D eigenvalue weighted by atomic mass is 16.2. The number of rotatable bonds is 34. The average molecular weight is 636 g/mol. The fourth-order valence-electron chi connectivity index (χ4n) is 5.81. The summed E-state index contributed by atoms with van der Waals surface area (Å²) in [5, 5.41) is 8.71. The average Bonchev–Trinajstić information content (AvgIpc) is 3.02. The normalized spacial score (nSPS) is 11.9. The molecule has 0 aliphatic heterocycles. The molecule has 0 aliphatic rings. The highest BCUT2D eigenvalue weighted by Gasteiger charge is 2.21. The number of hydrogen-bond donors (Lipinski definition) is 3. The van der Waals surface area contributed by atoms with E-state index in [-0.39, 0.29) is 24.3 Å². The number of unbranched alkanes of at least 4 members (excludes halogenated alkanes) is 24. The van der Waals surface area contributed by atoms with Gasteiger partial charge in [-0.3, -0.25) is 14.4 Å². The Bertz CT molecular complexity index is 682. The number of carbonyl (C=O) groups excluding carboxylic acids is 3. The van der Waals surface area contributed by atoms with Crippen LogP contribution in [0.4, 0.5) is 0 Å². The molecule has 0 aliphatic carbocycles. The van der Waals surface area contributed by atoms with E-state index in [9.17, 15) is 14.4 Å². The van der Waals surface area contributed by atoms with Crippen LogP contribution in [0.25, 0.3) is 0 Å². The second kappa shape index (κ2) is 33.8. The van der Waals surface area contributed by atoms with Gasteiger partial charge in [0.15, 0.2) is 0 Å². The number of amides is 3. The minimum absolute atomic E-state index is 0.0366. The zero-order valence-corrected chi connectivity index (χ0v) is 30.6. The van der Waals surface area contributed by atoms with Crippen LogP contribution in [0.2, 0.25) is 0 Å². The van der Waals surface area contributed by atoms with Crippen LogP contribution in [-0.4, -0.2) is 36.9 Å². The van der Waals surface area contributed by atoms with Gasteiger partial charge in [-0.2, -0.15) is 0 Å². The lowest BCUT2D eigenvalue weighted by molar-refractivity contribution is -0.129. The van der Waals surface area contributed by atoms with Crippen molar-refractivity contribution in [3.63, 3.8) is 0 Å². The third-order valence-corrected chi connectivity index (χ3v) is 8.85. The van der Waals surface area contributed by atoms with Crippen molar-refractivity contribution in [3.05, 3.63) is 0 Å². The molecule has 3 amide bonds. The Morgan fingerprint density at radius 3 is 1.11 bits per heavy atom. The zero-order chi connectivity index (χ0) is 33.2. The first-order valence-corrected chi connectivity index (χ1v) is 19.7. The van der Waals surface area contributed by atoms with Gasteiger partial charge < -0.3 is 16.0 Å². The van der Waals surface area contributed by atoms with Gasteiger partial charge in [0.2, 0.25) is 17.7 Å². The first kappa shape index (κ1) is 43.4. The van der Waals surface area contributed by atoms with Crippen LogP contribution >= 0.6 is 0 Å². The van der Waals surface area contributed by atoms with E-state index in [1.54, 1.807) is 0 Å². The summed E-state index contributed by atoms with van der Waals surface area (Å²) in [6.45, 7) is 9.31. The standard InChI is InChI=1S/C39H77N3O3/c1-5-7-9-11-13-15-17-19-21-23-25-27-29-31-37(43)40-34-36(39(45)41-33-35(3)4)42-38(44)32-30-28-26-24-22-20-18-16-14-12-10-8-6-2/h35-36H,5-34H2,1-4H3,(H,40,43)(H,41,45)(H,42,44)/t36-/m0/s1. The predicted octanol–water partition coefficient (Wildman–Crippen LogP) is 10.3. The van der Waals surface area contributed by atoms with Gasteiger partial charge in [0, 0.05) is 25.9 Å². The molecule has 0 aromatic heterocycles. The van der Waals surface area contributed by atoms with E-state index < -0.39 is 6.04 Å². The highest BCUT2D eigenvalue weighted by molar-refractivity contribution is 5.88. The topological polar surface area (TPSA) is 87.3 Å². The summed E-state index contributed by atoms with van der Waals surface area (Å²) in [7, 11) is 0. The molecular weight excluding hydrogens is 558 g/mol. The van der Waals surface area contributed by atoms with Gasteiger partial charge in [0.25, 0.3) is 0 Å². The van der Waals surface area contributed by atoms with Crippen molar-refractivity contribution in [1.29, 1.82) is 0 Å². The van der Waals surface area contributed by atoms with Crippen LogP contribution in [0.5, 0.6) is 0 Å². The van der Waals surface area contributed by atoms with E-state index in [2.05, 4.69) is 29.8 Å². The highest BCUT2D eigenvalue weighted by Crippen LogP contribution is 2.14. The molecule has 0 saturated heterocycles. The van der Waals surface area contributed by atoms with Gasteiger partial charge in [-0.05, 0) is 18.8 Å². The predicted molar refractivity (Wildman–Crippen MR) is 193 cm³/mol. The van der Waals surface area contributed by atoms with E-state index in [4.69, 9.17) is 0 Å². The molecule has 0 saturated carbocycles. The van der Waals surface area contributed by atoms with Crippen molar-refractivity contribution < 1.29 is 14.4 Å². The molecule has 0 unspecified atom stereocenters. The molecule has 6 heteroatoms. The van der Waals surface area contributed by atoms with Gasteiger partial charge in [0.05, 0.1) is 0 Å². The molecule has 0 bridgehead atoms. The van der Waals surface area contributed by atoms with Crippen molar-refractivity contribution >= 4 is 17.7 Å². The Labute approximate surface area is 280 Å². The number of hydrogen-bond acceptors (Lipinski definition) is 3. The Kier molecular flexibility index (Phi) is 32.6. The molecule has 0 heterocycles. The van der Waals surface area contributed by atoms with Crippen LogP contribution in [0.1, 0.15) is 207 Å². The lowest BCUT2D eigenvalue weighted by Crippen LogP contribution is -2.53. The zero-order valence-electron chi connectivity index (χ0n) is 30.6. The summed E-state index contributed by atoms with van der Waals surface area (Å²) in [5.41, 5.74) is 0. The van der Waals surface area contributed by atoms with Gasteiger partial charge in [0.1, 0.15) is 6.04 Å². The van der Waals surface area contributed by atoms with Crippen molar-refractivity contribution in [2.75, 3.05) is 13.1 Å². The summed E-state index contributed by atoms with van der Waals surface area (Å²) in [4.78, 5) is 37.9. The molecule has 0 fully saturated rings. The molecule has 45 heavy (non-hydrogen) atoms. The lowest BCUT2D eigenvalue weighted by Gasteiger charge is -2.20. The summed E-state index contributed by atoms with van der Waals surface area (Å²) >= 11 is 0. The maximum Gasteiger partial charge on any atom is 0.244 e. The third-order valence-electron chi connectivity index (χ3n) is 8.85. The molecule has 0 aromatic rings. The Balaban J connectivity index is 4.05. The van der Waals surface area contributed by atoms with E-state index in [1.807, 2.05) is 13.8 Å². The monoisotopic (exact) mass is 636 g/mol. The molecule has 1 atom stereocenters. The Morgan fingerprint density at radius 2 is 0.756 bits per heavy atom. The Hall–Kier alpha value is -1.59. The third kappa shape index (κ3) is 32.2. The fraction of sp³-hybridized carbons (Fsp3) is 0.923. The second-order valence-corrected chi connectivity index (χ2v) is 14.0. The van der Waals surface area contributed by atoms with Crippen LogP contribution in [0.3, 0.4) is 0 Å². The largest absolute Gasteiger partial charge is 0.354 e. The van der Waals surface area contributed by atoms with E-state index >= 15 is 0 Å². The molecule has 0 spiro atoms. The van der Waals surface area contributed by atoms with E-state index in [1.165, 1.54) is 135 Å². The minimum atomic E-state index is -0.728. The molecule has 266 valence electrons. The van der Waals surface area contributed by atoms with E-state index in [0.29, 0.717) is 25.3 Å². The smallest absolute Gasteiger partial charge is 0.244 e. The van der Waals surface area contributed by atoms with Crippen LogP contribution in [-0.2, 0) is 14.4 Å². The molecule has 0 aromatic carbocycles. The molecule has 3 N–H and O–H groups in total. The number of carbonyl (C=O) groups is 3. The lowest BCUT2D eigenvalue weighted by atomic mass is 10.0. The molecule has 0 radical (unpaired) electrons. The molecular formula is C39H77N3O3. The van der Waals surface area contributed by atoms with Crippen LogP contribution in [0.15, 0.2) is 0 Å². The molecule has 0 rings (SSSR count). The Morgan fingerprint density at radius 1 is 0.422 bits per heavy atom. The van der Waals surface area contributed by atoms with Crippen molar-refractivity contribution in [1.82, 2.24) is 16.0 Å². The summed E-state index contributed by atoms with van der Waals surface area (Å²) < 4.78 is 0. The van der Waals surface area contributed by atoms with Crippen molar-refractivity contribution in [3.8, 4) is 0 Å². The summed E-state index contributed by atoms with van der Waals surface area (Å²) in [6, 6.07) is -0.728. The second-order valence-electron chi connectivity index (χ2n) is 14.0. The quantitative estimate of drug-likeness (QED) is 0.0615. The SMILES string of the molecule is CCCCCCCCCCCCCCCC(=O)NC[C@H](NC(=O)CCCCCCCCCCCCCCC)C(=O)NCC(C)C. The van der Waals surface area contributed by atoms with Crippen LogP contribution in [0, 0.1) is 5.92 Å². The van der Waals surface area contributed by atoms with Crippen molar-refractivity contribution in [2.45, 2.75) is 214 Å². The summed E-state index contributed by atoms with van der Waals surface area (Å²) in [6.07, 6.45) is 34.0. The first-order chi connectivity index (χ1) is 21.9. The van der Waals surface area contributed by atoms with Crippen LogP contribution < -0.4 is 16.0 Å². The van der Waals surface area contributed by atoms with Crippen molar-refractivity contribution in [2.24, 2.45) is 5.92 Å². The van der Waals surface area contributed by atoms with Gasteiger partial charge in [-0.25, -0.2) is 0 Å². The fourth-order valence-corrected chi connectivity index (χ4v) is 5.81. The maximum atomic E-state index is 12.8. The van der Waals surface area contributed by atoms with Gasteiger partial charge in [-0.1, -0.05) is 182 Å².